The molecule has 1 amide bonds. The van der Waals surface area contributed by atoms with Gasteiger partial charge in [-0.15, -0.1) is 10.2 Å². The smallest absolute Gasteiger partial charge is 0.247 e. The highest BCUT2D eigenvalue weighted by molar-refractivity contribution is 5.99. The Morgan fingerprint density at radius 3 is 2.64 bits per heavy atom. The van der Waals surface area contributed by atoms with Crippen LogP contribution in [0.2, 0.25) is 0 Å². The molecule has 2 aromatic heterocycles. The molecule has 0 atom stereocenters. The summed E-state index contributed by atoms with van der Waals surface area (Å²) >= 11 is 0. The monoisotopic (exact) mass is 444 g/mol. The van der Waals surface area contributed by atoms with E-state index in [9.17, 15) is 9.18 Å². The zero-order valence-corrected chi connectivity index (χ0v) is 18.0. The minimum absolute atomic E-state index is 0.317. The van der Waals surface area contributed by atoms with E-state index >= 15 is 0 Å². The number of aromatic nitrogens is 4. The first-order valence-corrected chi connectivity index (χ1v) is 10.0. The van der Waals surface area contributed by atoms with E-state index in [0.717, 1.165) is 11.3 Å². The molecule has 9 heteroatoms. The van der Waals surface area contributed by atoms with Crippen molar-refractivity contribution in [1.29, 1.82) is 0 Å². The summed E-state index contributed by atoms with van der Waals surface area (Å²) in [7, 11) is 1.56. The van der Waals surface area contributed by atoms with Gasteiger partial charge in [0.1, 0.15) is 23.2 Å². The average Bonchev–Trinajstić information content (AvgIpc) is 3.21. The molecular weight excluding hydrogens is 423 g/mol. The first kappa shape index (κ1) is 21.7. The summed E-state index contributed by atoms with van der Waals surface area (Å²) in [6.45, 7) is 5.30. The fourth-order valence-corrected chi connectivity index (χ4v) is 3.30. The number of pyridine rings is 1. The highest BCUT2D eigenvalue weighted by Crippen LogP contribution is 2.31. The number of hydrogen-bond donors (Lipinski definition) is 2. The molecule has 2 heterocycles. The standard InChI is InChI=1S/C24H21FN6O2/c1-4-23(32)27-18-9-10-21(33-3)20(13-18)28-22-14-19(11-12-26-22)31-15(2)29-30-24(31)16-5-7-17(25)8-6-16/h4-14H,1H2,2-3H3,(H,26,28)(H,27,32). The summed E-state index contributed by atoms with van der Waals surface area (Å²) in [4.78, 5) is 16.0. The van der Waals surface area contributed by atoms with Gasteiger partial charge in [0.25, 0.3) is 0 Å². The molecule has 0 aliphatic carbocycles. The van der Waals surface area contributed by atoms with Crippen molar-refractivity contribution in [3.05, 3.63) is 85.1 Å². The van der Waals surface area contributed by atoms with Crippen LogP contribution < -0.4 is 15.4 Å². The molecule has 0 fully saturated rings. The fourth-order valence-electron chi connectivity index (χ4n) is 3.30. The molecule has 0 saturated carbocycles. The number of carbonyl (C=O) groups is 1. The van der Waals surface area contributed by atoms with Crippen LogP contribution in [-0.4, -0.2) is 32.8 Å². The van der Waals surface area contributed by atoms with Crippen molar-refractivity contribution in [3.8, 4) is 22.8 Å². The second kappa shape index (κ2) is 9.31. The van der Waals surface area contributed by atoms with Gasteiger partial charge in [0.05, 0.1) is 18.5 Å². The van der Waals surface area contributed by atoms with Crippen molar-refractivity contribution in [2.75, 3.05) is 17.7 Å². The maximum absolute atomic E-state index is 13.4. The van der Waals surface area contributed by atoms with Gasteiger partial charge < -0.3 is 15.4 Å². The van der Waals surface area contributed by atoms with Gasteiger partial charge in [-0.1, -0.05) is 6.58 Å². The Kier molecular flexibility index (Phi) is 6.12. The van der Waals surface area contributed by atoms with Gasteiger partial charge in [-0.05, 0) is 61.5 Å². The molecule has 0 aliphatic heterocycles. The third kappa shape index (κ3) is 4.72. The molecule has 166 valence electrons. The number of carbonyl (C=O) groups excluding carboxylic acids is 1. The molecular formula is C24H21FN6O2. The van der Waals surface area contributed by atoms with Crippen LogP contribution >= 0.6 is 0 Å². The molecule has 0 spiro atoms. The predicted octanol–water partition coefficient (Wildman–Crippen LogP) is 4.65. The molecule has 0 aliphatic rings. The Balaban J connectivity index is 1.69. The van der Waals surface area contributed by atoms with Crippen molar-refractivity contribution >= 4 is 23.1 Å². The van der Waals surface area contributed by atoms with E-state index in [4.69, 9.17) is 4.74 Å². The number of benzene rings is 2. The molecule has 0 radical (unpaired) electrons. The second-order valence-corrected chi connectivity index (χ2v) is 7.05. The van der Waals surface area contributed by atoms with Crippen LogP contribution in [0.3, 0.4) is 0 Å². The van der Waals surface area contributed by atoms with Gasteiger partial charge in [-0.2, -0.15) is 0 Å². The van der Waals surface area contributed by atoms with Crippen LogP contribution in [0.15, 0.2) is 73.4 Å². The normalized spacial score (nSPS) is 10.5. The van der Waals surface area contributed by atoms with Crippen molar-refractivity contribution in [3.63, 3.8) is 0 Å². The number of nitrogens with one attached hydrogen (secondary N) is 2. The van der Waals surface area contributed by atoms with Crippen LogP contribution in [0.1, 0.15) is 5.82 Å². The highest BCUT2D eigenvalue weighted by atomic mass is 19.1. The Morgan fingerprint density at radius 1 is 1.12 bits per heavy atom. The van der Waals surface area contributed by atoms with Crippen LogP contribution in [0, 0.1) is 12.7 Å². The summed E-state index contributed by atoms with van der Waals surface area (Å²) in [5.41, 5.74) is 2.69. The van der Waals surface area contributed by atoms with Gasteiger partial charge in [0.15, 0.2) is 5.82 Å². The lowest BCUT2D eigenvalue weighted by Gasteiger charge is -2.14. The van der Waals surface area contributed by atoms with Crippen molar-refractivity contribution in [2.45, 2.75) is 6.92 Å². The zero-order valence-electron chi connectivity index (χ0n) is 18.0. The Hall–Kier alpha value is -4.53. The van der Waals surface area contributed by atoms with E-state index in [2.05, 4.69) is 32.4 Å². The van der Waals surface area contributed by atoms with Crippen molar-refractivity contribution < 1.29 is 13.9 Å². The number of halogens is 1. The predicted molar refractivity (Wildman–Crippen MR) is 124 cm³/mol. The van der Waals surface area contributed by atoms with Crippen LogP contribution in [-0.2, 0) is 4.79 Å². The largest absolute Gasteiger partial charge is 0.495 e. The third-order valence-electron chi connectivity index (χ3n) is 4.84. The molecule has 2 N–H and O–H groups in total. The number of hydrogen-bond acceptors (Lipinski definition) is 6. The van der Waals surface area contributed by atoms with Crippen molar-refractivity contribution in [2.24, 2.45) is 0 Å². The maximum atomic E-state index is 13.4. The molecule has 8 nitrogen and oxygen atoms in total. The van der Waals surface area contributed by atoms with E-state index in [0.29, 0.717) is 34.6 Å². The highest BCUT2D eigenvalue weighted by Gasteiger charge is 2.14. The third-order valence-corrected chi connectivity index (χ3v) is 4.84. The Morgan fingerprint density at radius 2 is 1.91 bits per heavy atom. The summed E-state index contributed by atoms with van der Waals surface area (Å²) in [5, 5.41) is 14.4. The van der Waals surface area contributed by atoms with E-state index in [1.165, 1.54) is 18.2 Å². The van der Waals surface area contributed by atoms with E-state index in [-0.39, 0.29) is 11.7 Å². The molecule has 4 aromatic rings. The number of anilines is 3. The van der Waals surface area contributed by atoms with Gasteiger partial charge in [-0.25, -0.2) is 9.37 Å². The van der Waals surface area contributed by atoms with Crippen LogP contribution in [0.4, 0.5) is 21.6 Å². The second-order valence-electron chi connectivity index (χ2n) is 7.05. The Labute approximate surface area is 189 Å². The van der Waals surface area contributed by atoms with Gasteiger partial charge in [0, 0.05) is 23.5 Å². The lowest BCUT2D eigenvalue weighted by Crippen LogP contribution is -2.08. The number of methoxy groups -OCH3 is 1. The summed E-state index contributed by atoms with van der Waals surface area (Å²) in [6, 6.07) is 14.9. The van der Waals surface area contributed by atoms with Crippen LogP contribution in [0.25, 0.3) is 17.1 Å². The number of amides is 1. The quantitative estimate of drug-likeness (QED) is 0.403. The van der Waals surface area contributed by atoms with Gasteiger partial charge >= 0.3 is 0 Å². The summed E-state index contributed by atoms with van der Waals surface area (Å²) < 4.78 is 20.7. The first-order valence-electron chi connectivity index (χ1n) is 10.0. The molecule has 4 rings (SSSR count). The maximum Gasteiger partial charge on any atom is 0.247 e. The van der Waals surface area contributed by atoms with E-state index < -0.39 is 0 Å². The van der Waals surface area contributed by atoms with E-state index in [1.807, 2.05) is 23.6 Å². The van der Waals surface area contributed by atoms with Gasteiger partial charge in [0.2, 0.25) is 5.91 Å². The minimum atomic E-state index is -0.322. The fraction of sp³-hybridized carbons (Fsp3) is 0.0833. The van der Waals surface area contributed by atoms with Crippen molar-refractivity contribution in [1.82, 2.24) is 19.7 Å². The van der Waals surface area contributed by atoms with E-state index in [1.54, 1.807) is 43.6 Å². The minimum Gasteiger partial charge on any atom is -0.495 e. The number of rotatable bonds is 7. The molecule has 2 aromatic carbocycles. The number of ether oxygens (including phenoxy) is 1. The number of aryl methyl sites for hydroxylation is 1. The Bertz CT molecular complexity index is 1320. The lowest BCUT2D eigenvalue weighted by molar-refractivity contribution is -0.111. The molecule has 0 unspecified atom stereocenters. The lowest BCUT2D eigenvalue weighted by atomic mass is 10.2. The summed E-state index contributed by atoms with van der Waals surface area (Å²) in [5.74, 6) is 1.72. The van der Waals surface area contributed by atoms with Gasteiger partial charge in [-0.3, -0.25) is 9.36 Å². The average molecular weight is 444 g/mol. The molecule has 0 saturated heterocycles. The first-order chi connectivity index (χ1) is 16.0. The number of nitrogens with zero attached hydrogens (tertiary/aromatic N) is 4. The van der Waals surface area contributed by atoms with Crippen LogP contribution in [0.5, 0.6) is 5.75 Å². The zero-order chi connectivity index (χ0) is 23.4. The topological polar surface area (TPSA) is 94.0 Å². The molecule has 0 bridgehead atoms. The summed E-state index contributed by atoms with van der Waals surface area (Å²) in [6.07, 6.45) is 2.85. The molecule has 33 heavy (non-hydrogen) atoms. The SMILES string of the molecule is C=CC(=O)Nc1ccc(OC)c(Nc2cc(-n3c(C)nnc3-c3ccc(F)cc3)ccn2)c1.